The van der Waals surface area contributed by atoms with Crippen LogP contribution in [0, 0.1) is 0 Å². The van der Waals surface area contributed by atoms with Crippen LogP contribution in [0.2, 0.25) is 0 Å². The molecule has 1 aliphatic rings. The van der Waals surface area contributed by atoms with E-state index in [1.807, 2.05) is 6.92 Å². The van der Waals surface area contributed by atoms with Crippen molar-refractivity contribution >= 4 is 24.2 Å². The lowest BCUT2D eigenvalue weighted by atomic mass is 10.1. The van der Waals surface area contributed by atoms with Gasteiger partial charge < -0.3 is 20.7 Å². The molecule has 3 N–H and O–H groups in total. The van der Waals surface area contributed by atoms with Crippen molar-refractivity contribution in [2.24, 2.45) is 5.73 Å². The molecule has 1 heterocycles. The Morgan fingerprint density at radius 2 is 2.35 bits per heavy atom. The summed E-state index contributed by atoms with van der Waals surface area (Å²) in [7, 11) is 1.44. The molecular formula is C10H20ClN3O3. The van der Waals surface area contributed by atoms with E-state index in [-0.39, 0.29) is 30.8 Å². The molecule has 0 aromatic rings. The number of methoxy groups -OCH3 is 1. The van der Waals surface area contributed by atoms with Gasteiger partial charge in [0.2, 0.25) is 5.91 Å². The zero-order valence-electron chi connectivity index (χ0n) is 10.1. The largest absolute Gasteiger partial charge is 0.370 e. The minimum Gasteiger partial charge on any atom is -0.370 e. The fourth-order valence-electron chi connectivity index (χ4n) is 1.87. The van der Waals surface area contributed by atoms with Gasteiger partial charge in [0.15, 0.2) is 0 Å². The zero-order valence-corrected chi connectivity index (χ0v) is 11.0. The first-order chi connectivity index (χ1) is 7.65. The highest BCUT2D eigenvalue weighted by Gasteiger charge is 2.34. The number of halogens is 1. The molecule has 17 heavy (non-hydrogen) atoms. The van der Waals surface area contributed by atoms with E-state index in [1.165, 1.54) is 7.11 Å². The van der Waals surface area contributed by atoms with Crippen LogP contribution < -0.4 is 11.1 Å². The van der Waals surface area contributed by atoms with E-state index in [0.29, 0.717) is 19.5 Å². The van der Waals surface area contributed by atoms with Crippen LogP contribution in [0.5, 0.6) is 0 Å². The molecule has 1 rings (SSSR count). The Labute approximate surface area is 107 Å². The summed E-state index contributed by atoms with van der Waals surface area (Å²) in [5.41, 5.74) is 5.44. The predicted octanol–water partition coefficient (Wildman–Crippen LogP) is -0.881. The highest BCUT2D eigenvalue weighted by molar-refractivity contribution is 5.90. The number of rotatable bonds is 4. The van der Waals surface area contributed by atoms with Gasteiger partial charge >= 0.3 is 0 Å². The number of hydrogen-bond donors (Lipinski definition) is 2. The second-order valence-electron chi connectivity index (χ2n) is 3.71. The number of piperazine rings is 1. The van der Waals surface area contributed by atoms with E-state index in [4.69, 9.17) is 10.5 Å². The molecule has 0 aliphatic carbocycles. The highest BCUT2D eigenvalue weighted by atomic mass is 35.5. The summed E-state index contributed by atoms with van der Waals surface area (Å²) >= 11 is 0. The Hall–Kier alpha value is -0.850. The van der Waals surface area contributed by atoms with Crippen molar-refractivity contribution < 1.29 is 14.3 Å². The quantitative estimate of drug-likeness (QED) is 0.691. The zero-order chi connectivity index (χ0) is 12.1. The normalized spacial score (nSPS) is 21.5. The van der Waals surface area contributed by atoms with Gasteiger partial charge in [-0.2, -0.15) is 0 Å². The van der Waals surface area contributed by atoms with Gasteiger partial charge in [-0.05, 0) is 6.42 Å². The highest BCUT2D eigenvalue weighted by Crippen LogP contribution is 2.11. The summed E-state index contributed by atoms with van der Waals surface area (Å²) in [6.45, 7) is 3.01. The maximum atomic E-state index is 12.0. The molecular weight excluding hydrogens is 246 g/mol. The first kappa shape index (κ1) is 16.1. The number of carbonyl (C=O) groups is 2. The molecule has 2 amide bonds. The fraction of sp³-hybridized carbons (Fsp3) is 0.800. The van der Waals surface area contributed by atoms with Crippen molar-refractivity contribution in [1.82, 2.24) is 10.2 Å². The lowest BCUT2D eigenvalue weighted by molar-refractivity contribution is -0.150. The number of nitrogens with zero attached hydrogens (tertiary/aromatic N) is 1. The standard InChI is InChI=1S/C10H19N3O3.ClH/c1-3-7-9(14)12-4-5-13(7)10(15)8(6-11)16-2;/h7-8H,3-6,11H2,1-2H3,(H,12,14);1H. The van der Waals surface area contributed by atoms with Gasteiger partial charge in [0.25, 0.3) is 5.91 Å². The molecule has 7 heteroatoms. The molecule has 0 aromatic heterocycles. The van der Waals surface area contributed by atoms with Crippen molar-refractivity contribution in [3.05, 3.63) is 0 Å². The van der Waals surface area contributed by atoms with Crippen molar-refractivity contribution in [2.45, 2.75) is 25.5 Å². The van der Waals surface area contributed by atoms with E-state index >= 15 is 0 Å². The second-order valence-corrected chi connectivity index (χ2v) is 3.71. The number of hydrogen-bond acceptors (Lipinski definition) is 4. The number of carbonyl (C=O) groups excluding carboxylic acids is 2. The van der Waals surface area contributed by atoms with Crippen LogP contribution >= 0.6 is 12.4 Å². The molecule has 1 fully saturated rings. The molecule has 100 valence electrons. The molecule has 0 radical (unpaired) electrons. The van der Waals surface area contributed by atoms with Gasteiger partial charge in [-0.3, -0.25) is 9.59 Å². The summed E-state index contributed by atoms with van der Waals surface area (Å²) in [6, 6.07) is -0.398. The van der Waals surface area contributed by atoms with Gasteiger partial charge in [-0.15, -0.1) is 12.4 Å². The minimum atomic E-state index is -0.653. The van der Waals surface area contributed by atoms with Gasteiger partial charge in [0, 0.05) is 26.7 Å². The van der Waals surface area contributed by atoms with E-state index in [2.05, 4.69) is 5.32 Å². The maximum Gasteiger partial charge on any atom is 0.253 e. The van der Waals surface area contributed by atoms with Gasteiger partial charge in [0.05, 0.1) is 0 Å². The molecule has 2 atom stereocenters. The molecule has 0 bridgehead atoms. The third kappa shape index (κ3) is 3.55. The fourth-order valence-corrected chi connectivity index (χ4v) is 1.87. The first-order valence-electron chi connectivity index (χ1n) is 5.46. The smallest absolute Gasteiger partial charge is 0.253 e. The molecule has 6 nitrogen and oxygen atoms in total. The van der Waals surface area contributed by atoms with Gasteiger partial charge in [-0.1, -0.05) is 6.92 Å². The van der Waals surface area contributed by atoms with Crippen LogP contribution in [0.1, 0.15) is 13.3 Å². The van der Waals surface area contributed by atoms with Crippen molar-refractivity contribution in [3.63, 3.8) is 0 Å². The Morgan fingerprint density at radius 3 is 2.82 bits per heavy atom. The van der Waals surface area contributed by atoms with Crippen LogP contribution in [0.3, 0.4) is 0 Å². The van der Waals surface area contributed by atoms with Crippen LogP contribution in [-0.4, -0.2) is 55.6 Å². The summed E-state index contributed by atoms with van der Waals surface area (Å²) in [5, 5.41) is 2.74. The SMILES string of the molecule is CCC1C(=O)NCCN1C(=O)C(CN)OC.Cl. The van der Waals surface area contributed by atoms with Crippen LogP contribution in [-0.2, 0) is 14.3 Å². The average Bonchev–Trinajstić information content (AvgIpc) is 2.30. The summed E-state index contributed by atoms with van der Waals surface area (Å²) in [6.07, 6.45) is -0.0570. The van der Waals surface area contributed by atoms with Crippen molar-refractivity contribution in [2.75, 3.05) is 26.7 Å². The lowest BCUT2D eigenvalue weighted by Gasteiger charge is -2.36. The average molecular weight is 266 g/mol. The maximum absolute atomic E-state index is 12.0. The predicted molar refractivity (Wildman–Crippen MR) is 65.9 cm³/mol. The second kappa shape index (κ2) is 7.47. The van der Waals surface area contributed by atoms with Crippen LogP contribution in [0.4, 0.5) is 0 Å². The molecule has 2 unspecified atom stereocenters. The van der Waals surface area contributed by atoms with Gasteiger partial charge in [0.1, 0.15) is 12.1 Å². The Morgan fingerprint density at radius 1 is 1.71 bits per heavy atom. The third-order valence-corrected chi connectivity index (χ3v) is 2.77. The Kier molecular flexibility index (Phi) is 7.10. The summed E-state index contributed by atoms with van der Waals surface area (Å²) in [5.74, 6) is -0.305. The van der Waals surface area contributed by atoms with Crippen molar-refractivity contribution in [1.29, 1.82) is 0 Å². The van der Waals surface area contributed by atoms with E-state index in [1.54, 1.807) is 4.90 Å². The summed E-state index contributed by atoms with van der Waals surface area (Å²) < 4.78 is 4.99. The topological polar surface area (TPSA) is 84.7 Å². The number of ether oxygens (including phenoxy) is 1. The molecule has 1 saturated heterocycles. The number of nitrogens with two attached hydrogens (primary N) is 1. The van der Waals surface area contributed by atoms with Gasteiger partial charge in [-0.25, -0.2) is 0 Å². The van der Waals surface area contributed by atoms with E-state index in [9.17, 15) is 9.59 Å². The lowest BCUT2D eigenvalue weighted by Crippen LogP contribution is -2.59. The Bertz CT molecular complexity index is 272. The molecule has 0 aromatic carbocycles. The third-order valence-electron chi connectivity index (χ3n) is 2.77. The number of nitrogens with one attached hydrogen (secondary N) is 1. The molecule has 0 saturated carbocycles. The van der Waals surface area contributed by atoms with E-state index < -0.39 is 12.1 Å². The monoisotopic (exact) mass is 265 g/mol. The minimum absolute atomic E-state index is 0. The first-order valence-corrected chi connectivity index (χ1v) is 5.46. The van der Waals surface area contributed by atoms with Crippen LogP contribution in [0.25, 0.3) is 0 Å². The molecule has 0 spiro atoms. The summed E-state index contributed by atoms with van der Waals surface area (Å²) in [4.78, 5) is 25.1. The number of amides is 2. The van der Waals surface area contributed by atoms with E-state index in [0.717, 1.165) is 0 Å². The van der Waals surface area contributed by atoms with Crippen LogP contribution in [0.15, 0.2) is 0 Å². The Balaban J connectivity index is 0.00000256. The van der Waals surface area contributed by atoms with Crippen molar-refractivity contribution in [3.8, 4) is 0 Å². The molecule has 1 aliphatic heterocycles.